The number of amides is 21. The number of primary amides is 2. The second-order valence-electron chi connectivity index (χ2n) is 33.4. The standard InChI is InChI=1S/C85H138N24O30S2/c1-43(2)32-55(79(132)100-50(20-23-61(89)111)75(128)103-54(85(138)139)19-13-15-29-87)104-72(125)46(6)96-73(126)48(18-12-14-28-86)98-77(130)52(26-30-140-7)101-80(133)56(33-44(3)4)105-82(135)59(36-70(122)123)108-84(137)60(42-110)109-78(131)53(27-31-141-8)102-81(134)57(34-47-16-10-9-11-17-47)106-83(136)58(35-69(120)121)107-76(129)51(21-24-62(90)112)99-74(127)49(22-25-68(118)119)97-67(117)41-93-64(114)38-92-65(115)39-94-71(124)45(5)95-66(116)40-91-63(113)37-88/h9-11,16-17,43-46,48-60,110H,12-15,18-42,86-88H2,1-8H3,(H2,89,111)(H2,90,112)(H,91,113)(H,92,115)(H,93,114)(H,94,124)(H,95,116)(H,96,126)(H,97,117)(H,98,130)(H,99,127)(H,100,132)(H,101,133)(H,102,134)(H,103,128)(H,104,125)(H,105,135)(H,106,136)(H,107,129)(H,108,137)(H,109,131)(H,118,119)(H,120,121)(H,122,123)(H,138,139)/t45-,46-,48-,49-,50-,51-,52-,53-,54-,55-,56-,57-,58-,59-,60-/m0/s1. The number of aliphatic carboxylic acids is 4. The number of carboxylic acid groups (broad SMARTS) is 4. The zero-order valence-electron chi connectivity index (χ0n) is 79.9. The van der Waals surface area contributed by atoms with Crippen molar-refractivity contribution in [3.05, 3.63) is 35.9 Å². The lowest BCUT2D eigenvalue weighted by molar-refractivity contribution is -0.143. The fraction of sp³-hybridized carbons (Fsp3) is 0.635. The van der Waals surface area contributed by atoms with Crippen LogP contribution in [0, 0.1) is 11.8 Å². The van der Waals surface area contributed by atoms with Crippen molar-refractivity contribution in [2.45, 2.75) is 254 Å². The Balaban J connectivity index is 3.60. The van der Waals surface area contributed by atoms with Crippen LogP contribution in [-0.4, -0.2) is 341 Å². The predicted octanol–water partition coefficient (Wildman–Crippen LogP) is -10.8. The smallest absolute Gasteiger partial charge is 0.326 e. The maximum absolute atomic E-state index is 14.7. The monoisotopic (exact) mass is 2040 g/mol. The maximum atomic E-state index is 14.7. The van der Waals surface area contributed by atoms with Gasteiger partial charge in [0.15, 0.2) is 0 Å². The molecule has 1 aromatic rings. The number of hydrogen-bond acceptors (Lipinski definition) is 31. The summed E-state index contributed by atoms with van der Waals surface area (Å²) in [5, 5.41) is 94.3. The number of thioether (sulfide) groups is 2. The van der Waals surface area contributed by atoms with Gasteiger partial charge in [0.2, 0.25) is 124 Å². The van der Waals surface area contributed by atoms with Crippen LogP contribution >= 0.6 is 23.5 Å². The van der Waals surface area contributed by atoms with Gasteiger partial charge in [-0.2, -0.15) is 23.5 Å². The number of aliphatic hydroxyl groups is 1. The first-order valence-electron chi connectivity index (χ1n) is 45.2. The Morgan fingerprint density at radius 3 is 1.01 bits per heavy atom. The lowest BCUT2D eigenvalue weighted by Crippen LogP contribution is -2.61. The third-order valence-corrected chi connectivity index (χ3v) is 21.7. The number of aliphatic hydroxyl groups excluding tert-OH is 1. The van der Waals surface area contributed by atoms with E-state index in [1.54, 1.807) is 46.3 Å². The molecule has 1 aromatic carbocycles. The van der Waals surface area contributed by atoms with Crippen molar-refractivity contribution in [3.8, 4) is 0 Å². The first-order chi connectivity index (χ1) is 66.4. The zero-order chi connectivity index (χ0) is 107. The number of nitrogens with two attached hydrogens (primary N) is 5. The third-order valence-electron chi connectivity index (χ3n) is 20.5. The van der Waals surface area contributed by atoms with Gasteiger partial charge in [0.25, 0.3) is 0 Å². The Hall–Kier alpha value is -13.5. The van der Waals surface area contributed by atoms with E-state index in [-0.39, 0.29) is 81.9 Å². The molecule has 21 amide bonds. The number of benzene rings is 1. The molecule has 15 atom stereocenters. The summed E-state index contributed by atoms with van der Waals surface area (Å²) in [6.07, 6.45) is -2.80. The summed E-state index contributed by atoms with van der Waals surface area (Å²) in [7, 11) is 0. The van der Waals surface area contributed by atoms with Gasteiger partial charge in [0.05, 0.1) is 52.2 Å². The van der Waals surface area contributed by atoms with Crippen LogP contribution in [0.25, 0.3) is 0 Å². The molecule has 0 radical (unpaired) electrons. The fourth-order valence-corrected chi connectivity index (χ4v) is 13.9. The molecule has 0 unspecified atom stereocenters. The van der Waals surface area contributed by atoms with Crippen molar-refractivity contribution in [2.75, 3.05) is 76.4 Å². The van der Waals surface area contributed by atoms with Crippen LogP contribution in [0.3, 0.4) is 0 Å². The van der Waals surface area contributed by atoms with Crippen LogP contribution < -0.4 is 130 Å². The van der Waals surface area contributed by atoms with Gasteiger partial charge in [-0.05, 0) is 152 Å². The summed E-state index contributed by atoms with van der Waals surface area (Å²) in [5.74, 6) is -29.1. The SMILES string of the molecule is CSCC[C@H](NC(=O)[C@H](CC(C)C)NC(=O)[C@H](CC(=O)O)NC(=O)[C@H](CO)NC(=O)[C@H](CCSC)NC(=O)[C@H](Cc1ccccc1)NC(=O)[C@H](CC(=O)O)NC(=O)[C@H](CCC(N)=O)NC(=O)[C@H](CCC(=O)O)NC(=O)CNC(=O)CNC(=O)CNC(=O)[C@H](C)NC(=O)CNC(=O)CN)C(=O)N[C@@H](CCCCN)C(=O)N[C@@H](C)C(=O)N[C@@H](CC(C)C)C(=O)N[C@@H](CCC(N)=O)C(=O)N[C@@H](CCCCN)C(=O)O. The molecule has 1 rings (SSSR count). The zero-order valence-corrected chi connectivity index (χ0v) is 81.5. The summed E-state index contributed by atoms with van der Waals surface area (Å²) in [4.78, 5) is 332. The number of carboxylic acids is 4. The summed E-state index contributed by atoms with van der Waals surface area (Å²) in [6, 6.07) is -17.6. The van der Waals surface area contributed by atoms with Crippen LogP contribution in [0.2, 0.25) is 0 Å². The maximum Gasteiger partial charge on any atom is 0.326 e. The van der Waals surface area contributed by atoms with E-state index in [0.29, 0.717) is 24.8 Å². The molecular weight excluding hydrogens is 1900 g/mol. The highest BCUT2D eigenvalue weighted by Crippen LogP contribution is 2.16. The van der Waals surface area contributed by atoms with Crippen molar-refractivity contribution in [2.24, 2.45) is 40.5 Å². The van der Waals surface area contributed by atoms with Gasteiger partial charge >= 0.3 is 23.9 Å². The number of carbonyl (C=O) groups is 25. The highest BCUT2D eigenvalue weighted by atomic mass is 32.2. The number of nitrogens with one attached hydrogen (secondary N) is 19. The molecule has 0 aliphatic carbocycles. The van der Waals surface area contributed by atoms with Gasteiger partial charge in [-0.1, -0.05) is 58.0 Å². The van der Waals surface area contributed by atoms with Crippen molar-refractivity contribution in [1.29, 1.82) is 0 Å². The van der Waals surface area contributed by atoms with Crippen LogP contribution in [0.1, 0.15) is 163 Å². The van der Waals surface area contributed by atoms with Gasteiger partial charge < -0.3 is 155 Å². The van der Waals surface area contributed by atoms with Crippen LogP contribution in [-0.2, 0) is 126 Å². The highest BCUT2D eigenvalue weighted by Gasteiger charge is 2.40. The van der Waals surface area contributed by atoms with E-state index in [1.165, 1.54) is 49.9 Å². The van der Waals surface area contributed by atoms with Crippen molar-refractivity contribution in [1.82, 2.24) is 101 Å². The quantitative estimate of drug-likeness (QED) is 0.0269. The van der Waals surface area contributed by atoms with E-state index in [4.69, 9.17) is 28.7 Å². The van der Waals surface area contributed by atoms with Crippen molar-refractivity contribution < 1.29 is 145 Å². The van der Waals surface area contributed by atoms with Gasteiger partial charge in [0, 0.05) is 25.7 Å². The van der Waals surface area contributed by atoms with Crippen LogP contribution in [0.5, 0.6) is 0 Å². The first kappa shape index (κ1) is 126. The molecule has 0 saturated heterocycles. The Kier molecular flexibility index (Phi) is 61.0. The summed E-state index contributed by atoms with van der Waals surface area (Å²) in [5.41, 5.74) is 27.6. The molecule has 56 heteroatoms. The predicted molar refractivity (Wildman–Crippen MR) is 505 cm³/mol. The van der Waals surface area contributed by atoms with Crippen molar-refractivity contribution >= 4 is 171 Å². The Bertz CT molecular complexity index is 4430. The van der Waals surface area contributed by atoms with Crippen LogP contribution in [0.4, 0.5) is 0 Å². The normalized spacial score (nSPS) is 14.1. The third kappa shape index (κ3) is 53.5. The van der Waals surface area contributed by atoms with Gasteiger partial charge in [-0.3, -0.25) is 115 Å². The van der Waals surface area contributed by atoms with E-state index < -0.39 is 335 Å². The topological polar surface area (TPSA) is 887 Å². The molecule has 0 aliphatic rings. The molecule has 141 heavy (non-hydrogen) atoms. The molecule has 0 aromatic heterocycles. The van der Waals surface area contributed by atoms with E-state index in [0.717, 1.165) is 11.8 Å². The molecule has 0 heterocycles. The molecule has 0 saturated carbocycles. The summed E-state index contributed by atoms with van der Waals surface area (Å²) >= 11 is 2.39. The van der Waals surface area contributed by atoms with Gasteiger partial charge in [-0.25, -0.2) is 4.79 Å². The molecule has 0 fully saturated rings. The van der Waals surface area contributed by atoms with E-state index in [2.05, 4.69) is 101 Å². The Morgan fingerprint density at radius 1 is 0.305 bits per heavy atom. The molecule has 0 spiro atoms. The number of rotatable bonds is 73. The van der Waals surface area contributed by atoms with Gasteiger partial charge in [-0.15, -0.1) is 0 Å². The number of hydrogen-bond donors (Lipinski definition) is 29. The second kappa shape index (κ2) is 68.5. The number of carbonyl (C=O) groups excluding carboxylic acids is 21. The fourth-order valence-electron chi connectivity index (χ4n) is 12.9. The Morgan fingerprint density at radius 2 is 0.617 bits per heavy atom. The molecule has 54 nitrogen and oxygen atoms in total. The largest absolute Gasteiger partial charge is 0.481 e. The van der Waals surface area contributed by atoms with Crippen molar-refractivity contribution in [3.63, 3.8) is 0 Å². The minimum atomic E-state index is -2.19. The van der Waals surface area contributed by atoms with E-state index in [1.807, 2.05) is 0 Å². The average Bonchev–Trinajstić information content (AvgIpc) is 0.845. The lowest BCUT2D eigenvalue weighted by Gasteiger charge is -2.28. The molecule has 790 valence electrons. The minimum Gasteiger partial charge on any atom is -0.481 e. The molecule has 34 N–H and O–H groups in total. The number of unbranched alkanes of at least 4 members (excludes halogenated alkanes) is 2. The highest BCUT2D eigenvalue weighted by molar-refractivity contribution is 7.98. The Labute approximate surface area is 821 Å². The minimum absolute atomic E-state index is 0.0147. The van der Waals surface area contributed by atoms with Crippen LogP contribution in [0.15, 0.2) is 30.3 Å². The molecular formula is C85H138N24O30S2. The lowest BCUT2D eigenvalue weighted by atomic mass is 10.0. The van der Waals surface area contributed by atoms with Gasteiger partial charge in [0.1, 0.15) is 90.6 Å². The first-order valence-corrected chi connectivity index (χ1v) is 48.0. The molecule has 0 aliphatic heterocycles. The molecule has 0 bridgehead atoms. The second-order valence-corrected chi connectivity index (χ2v) is 35.3. The average molecular weight is 2040 g/mol. The summed E-state index contributed by atoms with van der Waals surface area (Å²) < 4.78 is 0. The van der Waals surface area contributed by atoms with E-state index in [9.17, 15) is 145 Å². The van der Waals surface area contributed by atoms with E-state index >= 15 is 0 Å². The summed E-state index contributed by atoms with van der Waals surface area (Å²) in [6.45, 7) is 4.98.